The monoisotopic (exact) mass is 175 g/mol. The molecule has 0 aromatic rings. The molecule has 3 atom stereocenters. The van der Waals surface area contributed by atoms with Gasteiger partial charge in [0.25, 0.3) is 0 Å². The van der Waals surface area contributed by atoms with Gasteiger partial charge in [0, 0.05) is 0 Å². The van der Waals surface area contributed by atoms with Crippen molar-refractivity contribution in [2.75, 3.05) is 6.54 Å². The third-order valence-electron chi connectivity index (χ3n) is 3.27. The smallest absolute Gasteiger partial charge is 0.00745 e. The molecule has 0 bridgehead atoms. The number of hydrogen-bond acceptors (Lipinski definition) is 1. The summed E-state index contributed by atoms with van der Waals surface area (Å²) in [5.74, 6) is 3.26. The Hall–Kier alpha value is 0.250. The van der Waals surface area contributed by atoms with E-state index in [1.165, 1.54) is 32.1 Å². The fourth-order valence-electron chi connectivity index (χ4n) is 2.61. The van der Waals surface area contributed by atoms with E-state index in [0.29, 0.717) is 0 Å². The maximum absolute atomic E-state index is 5.54. The van der Waals surface area contributed by atoms with Gasteiger partial charge < -0.3 is 5.73 Å². The molecule has 66 valence electrons. The summed E-state index contributed by atoms with van der Waals surface area (Å²) in [4.78, 5) is 0. The summed E-state index contributed by atoms with van der Waals surface area (Å²) in [6.45, 7) is 0.911. The predicted molar refractivity (Wildman–Crippen MR) is 49.9 cm³/mol. The predicted octanol–water partition coefficient (Wildman–Crippen LogP) is 2.19. The third-order valence-corrected chi connectivity index (χ3v) is 3.27. The van der Waals surface area contributed by atoms with Gasteiger partial charge in [0.2, 0.25) is 0 Å². The summed E-state index contributed by atoms with van der Waals surface area (Å²) < 4.78 is 0. The van der Waals surface area contributed by atoms with E-state index in [4.69, 9.17) is 5.73 Å². The average Bonchev–Trinajstić information content (AvgIpc) is 2.67. The summed E-state index contributed by atoms with van der Waals surface area (Å²) in [5.41, 5.74) is 5.54. The molecule has 2 fully saturated rings. The van der Waals surface area contributed by atoms with Gasteiger partial charge >= 0.3 is 0 Å². The Kier molecular flexibility index (Phi) is 3.20. The Morgan fingerprint density at radius 1 is 1.27 bits per heavy atom. The summed E-state index contributed by atoms with van der Waals surface area (Å²) in [5, 5.41) is 0. The van der Waals surface area contributed by atoms with Crippen molar-refractivity contribution in [1.29, 1.82) is 0 Å². The van der Waals surface area contributed by atoms with Crippen LogP contribution in [0.3, 0.4) is 0 Å². The molecule has 0 aromatic carbocycles. The minimum absolute atomic E-state index is 0. The Balaban J connectivity index is 0.000000605. The molecule has 2 aliphatic carbocycles. The van der Waals surface area contributed by atoms with E-state index in [2.05, 4.69) is 0 Å². The molecule has 2 aliphatic rings. The molecule has 0 spiro atoms. The van der Waals surface area contributed by atoms with E-state index in [-0.39, 0.29) is 12.4 Å². The summed E-state index contributed by atoms with van der Waals surface area (Å²) in [7, 11) is 0. The van der Waals surface area contributed by atoms with Crippen molar-refractivity contribution in [2.24, 2.45) is 23.5 Å². The second-order valence-corrected chi connectivity index (χ2v) is 3.93. The Morgan fingerprint density at radius 3 is 2.82 bits per heavy atom. The van der Waals surface area contributed by atoms with Crippen LogP contribution in [0, 0.1) is 17.8 Å². The normalized spacial score (nSPS) is 40.6. The van der Waals surface area contributed by atoms with Crippen LogP contribution in [-0.2, 0) is 0 Å². The first kappa shape index (κ1) is 9.34. The van der Waals surface area contributed by atoms with Gasteiger partial charge in [-0.25, -0.2) is 0 Å². The highest BCUT2D eigenvalue weighted by atomic mass is 35.5. The highest BCUT2D eigenvalue weighted by Crippen LogP contribution is 2.53. The molecule has 3 unspecified atom stereocenters. The van der Waals surface area contributed by atoms with Gasteiger partial charge in [0.15, 0.2) is 0 Å². The maximum atomic E-state index is 5.54. The summed E-state index contributed by atoms with van der Waals surface area (Å²) in [6, 6.07) is 0. The topological polar surface area (TPSA) is 26.0 Å². The largest absolute Gasteiger partial charge is 0.330 e. The molecular weight excluding hydrogens is 158 g/mol. The van der Waals surface area contributed by atoms with E-state index < -0.39 is 0 Å². The van der Waals surface area contributed by atoms with Crippen LogP contribution < -0.4 is 5.73 Å². The van der Waals surface area contributed by atoms with E-state index in [1.54, 1.807) is 0 Å². The molecule has 2 rings (SSSR count). The molecule has 0 heterocycles. The molecule has 2 saturated carbocycles. The second-order valence-electron chi connectivity index (χ2n) is 3.93. The van der Waals surface area contributed by atoms with Crippen molar-refractivity contribution < 1.29 is 0 Å². The first-order valence-electron chi connectivity index (χ1n) is 4.62. The Morgan fingerprint density at radius 2 is 2.09 bits per heavy atom. The number of fused-ring (bicyclic) bond motifs is 1. The van der Waals surface area contributed by atoms with Crippen molar-refractivity contribution >= 4 is 12.4 Å². The highest BCUT2D eigenvalue weighted by Gasteiger charge is 2.44. The second kappa shape index (κ2) is 3.77. The lowest BCUT2D eigenvalue weighted by molar-refractivity contribution is 0.321. The zero-order valence-corrected chi connectivity index (χ0v) is 7.78. The Bertz CT molecular complexity index is 125. The quantitative estimate of drug-likeness (QED) is 0.684. The SMILES string of the molecule is Cl.NCCC1CCCC2CC12. The number of hydrogen-bond donors (Lipinski definition) is 1. The molecule has 0 aromatic heterocycles. The highest BCUT2D eigenvalue weighted by molar-refractivity contribution is 5.85. The minimum atomic E-state index is 0. The lowest BCUT2D eigenvalue weighted by Gasteiger charge is -2.19. The first-order valence-corrected chi connectivity index (χ1v) is 4.62. The van der Waals surface area contributed by atoms with Crippen molar-refractivity contribution in [3.8, 4) is 0 Å². The van der Waals surface area contributed by atoms with Crippen molar-refractivity contribution in [3.05, 3.63) is 0 Å². The number of nitrogens with two attached hydrogens (primary N) is 1. The van der Waals surface area contributed by atoms with Crippen LogP contribution in [-0.4, -0.2) is 6.54 Å². The molecule has 0 radical (unpaired) electrons. The van der Waals surface area contributed by atoms with Crippen molar-refractivity contribution in [3.63, 3.8) is 0 Å². The van der Waals surface area contributed by atoms with Crippen molar-refractivity contribution in [1.82, 2.24) is 0 Å². The van der Waals surface area contributed by atoms with Crippen LogP contribution >= 0.6 is 12.4 Å². The van der Waals surface area contributed by atoms with Crippen LogP contribution in [0.1, 0.15) is 32.1 Å². The van der Waals surface area contributed by atoms with E-state index in [0.717, 1.165) is 24.3 Å². The van der Waals surface area contributed by atoms with E-state index in [1.807, 2.05) is 0 Å². The Labute approximate surface area is 75.1 Å². The van der Waals surface area contributed by atoms with Gasteiger partial charge in [-0.15, -0.1) is 12.4 Å². The van der Waals surface area contributed by atoms with Gasteiger partial charge in [-0.1, -0.05) is 19.3 Å². The van der Waals surface area contributed by atoms with Gasteiger partial charge in [0.05, 0.1) is 0 Å². The van der Waals surface area contributed by atoms with E-state index >= 15 is 0 Å². The standard InChI is InChI=1S/C9H17N.ClH/c10-5-4-7-2-1-3-8-6-9(7)8;/h7-9H,1-6,10H2;1H. The minimum Gasteiger partial charge on any atom is -0.330 e. The maximum Gasteiger partial charge on any atom is -0.00745 e. The third kappa shape index (κ3) is 1.88. The molecule has 0 amide bonds. The molecule has 0 aliphatic heterocycles. The molecule has 0 saturated heterocycles. The number of rotatable bonds is 2. The fraction of sp³-hybridized carbons (Fsp3) is 1.00. The number of halogens is 1. The zero-order chi connectivity index (χ0) is 6.97. The van der Waals surface area contributed by atoms with Gasteiger partial charge in [0.1, 0.15) is 0 Å². The van der Waals surface area contributed by atoms with Gasteiger partial charge in [-0.3, -0.25) is 0 Å². The van der Waals surface area contributed by atoms with Crippen LogP contribution in [0.4, 0.5) is 0 Å². The molecule has 1 nitrogen and oxygen atoms in total. The van der Waals surface area contributed by atoms with Crippen molar-refractivity contribution in [2.45, 2.75) is 32.1 Å². The van der Waals surface area contributed by atoms with Crippen LogP contribution in [0.15, 0.2) is 0 Å². The molecular formula is C9H18ClN. The summed E-state index contributed by atoms with van der Waals surface area (Å²) in [6.07, 6.45) is 7.29. The van der Waals surface area contributed by atoms with Gasteiger partial charge in [-0.2, -0.15) is 0 Å². The van der Waals surface area contributed by atoms with Crippen LogP contribution in [0.5, 0.6) is 0 Å². The lowest BCUT2D eigenvalue weighted by Crippen LogP contribution is -2.14. The average molecular weight is 176 g/mol. The van der Waals surface area contributed by atoms with Gasteiger partial charge in [-0.05, 0) is 37.1 Å². The first-order chi connectivity index (χ1) is 4.92. The van der Waals surface area contributed by atoms with Crippen LogP contribution in [0.2, 0.25) is 0 Å². The molecule has 2 N–H and O–H groups in total. The fourth-order valence-corrected chi connectivity index (χ4v) is 2.61. The summed E-state index contributed by atoms with van der Waals surface area (Å²) >= 11 is 0. The zero-order valence-electron chi connectivity index (χ0n) is 6.96. The molecule has 2 heteroatoms. The lowest BCUT2D eigenvalue weighted by atomic mass is 9.87. The molecule has 11 heavy (non-hydrogen) atoms. The van der Waals surface area contributed by atoms with Crippen LogP contribution in [0.25, 0.3) is 0 Å². The van der Waals surface area contributed by atoms with E-state index in [9.17, 15) is 0 Å².